The molecule has 1 aliphatic heterocycles. The van der Waals surface area contributed by atoms with E-state index in [1.807, 2.05) is 4.90 Å². The van der Waals surface area contributed by atoms with Crippen LogP contribution < -0.4 is 0 Å². The van der Waals surface area contributed by atoms with Gasteiger partial charge in [-0.25, -0.2) is 0 Å². The highest BCUT2D eigenvalue weighted by molar-refractivity contribution is 5.76. The fourth-order valence-electron chi connectivity index (χ4n) is 2.38. The van der Waals surface area contributed by atoms with Crippen LogP contribution in [0, 0.1) is 0 Å². The minimum Gasteiger partial charge on any atom is -0.469 e. The van der Waals surface area contributed by atoms with Gasteiger partial charge >= 0.3 is 5.97 Å². The normalized spacial score (nSPS) is 18.9. The molecule has 20 heavy (non-hydrogen) atoms. The lowest BCUT2D eigenvalue weighted by molar-refractivity contribution is -0.150. The third-order valence-electron chi connectivity index (χ3n) is 3.61. The summed E-state index contributed by atoms with van der Waals surface area (Å²) in [6.07, 6.45) is 6.34. The monoisotopic (exact) mass is 285 g/mol. The zero-order valence-electron chi connectivity index (χ0n) is 12.7. The van der Waals surface area contributed by atoms with Crippen LogP contribution in [0.2, 0.25) is 0 Å². The van der Waals surface area contributed by atoms with Crippen LogP contribution in [0.15, 0.2) is 0 Å². The molecule has 5 heteroatoms. The number of methoxy groups -OCH3 is 1. The number of nitrogens with zero attached hydrogens (tertiary/aromatic N) is 1. The molecular weight excluding hydrogens is 258 g/mol. The zero-order chi connectivity index (χ0) is 14.8. The van der Waals surface area contributed by atoms with Crippen molar-refractivity contribution >= 4 is 11.9 Å². The molecular formula is C15H27NO4. The van der Waals surface area contributed by atoms with E-state index >= 15 is 0 Å². The molecule has 0 saturated carbocycles. The average Bonchev–Trinajstić information content (AvgIpc) is 2.47. The number of morpholine rings is 1. The molecule has 1 atom stereocenters. The van der Waals surface area contributed by atoms with Crippen molar-refractivity contribution in [1.82, 2.24) is 4.90 Å². The average molecular weight is 285 g/mol. The van der Waals surface area contributed by atoms with Crippen molar-refractivity contribution in [1.29, 1.82) is 0 Å². The van der Waals surface area contributed by atoms with Gasteiger partial charge < -0.3 is 14.4 Å². The van der Waals surface area contributed by atoms with Crippen LogP contribution in [0.5, 0.6) is 0 Å². The Labute approximate surface area is 121 Å². The second-order valence-corrected chi connectivity index (χ2v) is 5.28. The van der Waals surface area contributed by atoms with Crippen LogP contribution in [0.1, 0.15) is 51.9 Å². The Morgan fingerprint density at radius 2 is 2.00 bits per heavy atom. The summed E-state index contributed by atoms with van der Waals surface area (Å²) >= 11 is 0. The largest absolute Gasteiger partial charge is 0.469 e. The van der Waals surface area contributed by atoms with Crippen molar-refractivity contribution < 1.29 is 19.1 Å². The summed E-state index contributed by atoms with van der Waals surface area (Å²) in [7, 11) is 1.37. The Hall–Kier alpha value is -1.10. The van der Waals surface area contributed by atoms with E-state index in [-0.39, 0.29) is 24.4 Å². The van der Waals surface area contributed by atoms with Gasteiger partial charge in [-0.2, -0.15) is 0 Å². The molecule has 0 radical (unpaired) electrons. The van der Waals surface area contributed by atoms with E-state index < -0.39 is 0 Å². The third-order valence-corrected chi connectivity index (χ3v) is 3.61. The first-order chi connectivity index (χ1) is 9.67. The summed E-state index contributed by atoms with van der Waals surface area (Å²) < 4.78 is 10.1. The lowest BCUT2D eigenvalue weighted by Crippen LogP contribution is -2.46. The van der Waals surface area contributed by atoms with Crippen molar-refractivity contribution in [3.63, 3.8) is 0 Å². The van der Waals surface area contributed by atoms with Crippen molar-refractivity contribution in [3.05, 3.63) is 0 Å². The van der Waals surface area contributed by atoms with E-state index in [2.05, 4.69) is 11.7 Å². The molecule has 0 bridgehead atoms. The van der Waals surface area contributed by atoms with E-state index in [0.717, 1.165) is 12.8 Å². The number of ether oxygens (including phenoxy) is 2. The van der Waals surface area contributed by atoms with Crippen LogP contribution in [0.3, 0.4) is 0 Å². The molecule has 1 saturated heterocycles. The van der Waals surface area contributed by atoms with Gasteiger partial charge in [0.25, 0.3) is 0 Å². The highest BCUT2D eigenvalue weighted by atomic mass is 16.5. The number of hydrogen-bond acceptors (Lipinski definition) is 4. The van der Waals surface area contributed by atoms with Crippen molar-refractivity contribution in [2.75, 3.05) is 26.8 Å². The van der Waals surface area contributed by atoms with Crippen LogP contribution >= 0.6 is 0 Å². The highest BCUT2D eigenvalue weighted by Gasteiger charge is 2.25. The standard InChI is InChI=1S/C15H27NO4/c1-3-4-5-6-7-8-14(17)16-9-10-20-13(12-16)11-15(18)19-2/h13H,3-12H2,1-2H3. The Balaban J connectivity index is 2.24. The van der Waals surface area contributed by atoms with Gasteiger partial charge in [0.1, 0.15) is 0 Å². The summed E-state index contributed by atoms with van der Waals surface area (Å²) in [4.78, 5) is 25.1. The molecule has 1 rings (SSSR count). The quantitative estimate of drug-likeness (QED) is 0.506. The maximum Gasteiger partial charge on any atom is 0.308 e. The van der Waals surface area contributed by atoms with Crippen molar-refractivity contribution in [3.8, 4) is 0 Å². The SMILES string of the molecule is CCCCCCCC(=O)N1CCOC(CC(=O)OC)C1. The van der Waals surface area contributed by atoms with E-state index in [1.54, 1.807) is 0 Å². The smallest absolute Gasteiger partial charge is 0.308 e. The van der Waals surface area contributed by atoms with E-state index in [1.165, 1.54) is 26.4 Å². The molecule has 1 aliphatic rings. The molecule has 0 aromatic heterocycles. The van der Waals surface area contributed by atoms with Crippen molar-refractivity contribution in [2.24, 2.45) is 0 Å². The fourth-order valence-corrected chi connectivity index (χ4v) is 2.38. The fraction of sp³-hybridized carbons (Fsp3) is 0.867. The predicted molar refractivity (Wildman–Crippen MR) is 76.3 cm³/mol. The summed E-state index contributed by atoms with van der Waals surface area (Å²) in [5.41, 5.74) is 0. The molecule has 0 aliphatic carbocycles. The Kier molecular flexibility index (Phi) is 8.26. The first-order valence-corrected chi connectivity index (χ1v) is 7.63. The Morgan fingerprint density at radius 1 is 1.25 bits per heavy atom. The molecule has 5 nitrogen and oxygen atoms in total. The Morgan fingerprint density at radius 3 is 2.70 bits per heavy atom. The van der Waals surface area contributed by atoms with E-state index in [0.29, 0.717) is 26.1 Å². The van der Waals surface area contributed by atoms with Gasteiger partial charge in [0.2, 0.25) is 5.91 Å². The number of amides is 1. The minimum atomic E-state index is -0.288. The number of carbonyl (C=O) groups excluding carboxylic acids is 2. The molecule has 0 spiro atoms. The van der Waals surface area contributed by atoms with Gasteiger partial charge in [0, 0.05) is 19.5 Å². The van der Waals surface area contributed by atoms with Crippen LogP contribution in [0.4, 0.5) is 0 Å². The van der Waals surface area contributed by atoms with E-state index in [4.69, 9.17) is 4.74 Å². The first kappa shape index (κ1) is 17.0. The van der Waals surface area contributed by atoms with E-state index in [9.17, 15) is 9.59 Å². The van der Waals surface area contributed by atoms with Gasteiger partial charge in [0.15, 0.2) is 0 Å². The number of esters is 1. The first-order valence-electron chi connectivity index (χ1n) is 7.63. The second-order valence-electron chi connectivity index (χ2n) is 5.28. The third kappa shape index (κ3) is 6.37. The molecule has 116 valence electrons. The number of hydrogen-bond donors (Lipinski definition) is 0. The lowest BCUT2D eigenvalue weighted by atomic mass is 10.1. The van der Waals surface area contributed by atoms with Crippen LogP contribution in [-0.4, -0.2) is 49.7 Å². The van der Waals surface area contributed by atoms with Gasteiger partial charge in [-0.15, -0.1) is 0 Å². The molecule has 0 aromatic carbocycles. The second kappa shape index (κ2) is 9.75. The topological polar surface area (TPSA) is 55.8 Å². The van der Waals surface area contributed by atoms with Gasteiger partial charge in [-0.3, -0.25) is 9.59 Å². The molecule has 1 amide bonds. The molecule has 1 heterocycles. The molecule has 0 N–H and O–H groups in total. The zero-order valence-corrected chi connectivity index (χ0v) is 12.7. The van der Waals surface area contributed by atoms with Crippen LogP contribution in [-0.2, 0) is 19.1 Å². The van der Waals surface area contributed by atoms with Gasteiger partial charge in [0.05, 0.1) is 26.2 Å². The van der Waals surface area contributed by atoms with Gasteiger partial charge in [-0.1, -0.05) is 32.6 Å². The number of carbonyl (C=O) groups is 2. The number of unbranched alkanes of at least 4 members (excludes halogenated alkanes) is 4. The maximum atomic E-state index is 12.1. The minimum absolute atomic E-state index is 0.180. The van der Waals surface area contributed by atoms with Crippen LogP contribution in [0.25, 0.3) is 0 Å². The molecule has 0 aromatic rings. The van der Waals surface area contributed by atoms with Crippen molar-refractivity contribution in [2.45, 2.75) is 58.0 Å². The predicted octanol–water partition coefficient (Wildman–Crippen LogP) is 2.14. The maximum absolute atomic E-state index is 12.1. The lowest BCUT2D eigenvalue weighted by Gasteiger charge is -2.32. The summed E-state index contributed by atoms with van der Waals surface area (Å²) in [6, 6.07) is 0. The molecule has 1 fully saturated rings. The summed E-state index contributed by atoms with van der Waals surface area (Å²) in [5, 5.41) is 0. The molecule has 1 unspecified atom stereocenters. The summed E-state index contributed by atoms with van der Waals surface area (Å²) in [5.74, 6) is -0.108. The Bertz CT molecular complexity index is 306. The van der Waals surface area contributed by atoms with Gasteiger partial charge in [-0.05, 0) is 6.42 Å². The number of rotatable bonds is 8. The highest BCUT2D eigenvalue weighted by Crippen LogP contribution is 2.13. The summed E-state index contributed by atoms with van der Waals surface area (Å²) in [6.45, 7) is 3.82.